The van der Waals surface area contributed by atoms with E-state index in [4.69, 9.17) is 33.7 Å². The van der Waals surface area contributed by atoms with Gasteiger partial charge in [0.2, 0.25) is 0 Å². The average molecular weight is 1440 g/mol. The van der Waals surface area contributed by atoms with Gasteiger partial charge in [-0.05, 0) is 155 Å². The standard InChI is InChI=1S/C95H140N2O8/c1-20-25-29-33-37-41-57-101-85-53-49-76(90(8,9)10)63-81(85)94(99,82-64-77(91(11,12)13)50-54-86(82)102-58-42-38-34-30-26-21-2)70(6)96-67-74-61-80(105-69-73-47-45-72(24-5)46-48-73)62-75(89(74)98)68-97-71(7)95(100,83-65-78(92(14,15)16)51-55-87(83)103-59-43-39-35-31-27-22-3)84-66-79(93(17,18)19)52-56-88(84)104-60-44-40-36-32-28-23-4/h24,45-56,61-68,70-71,98-100H,5,20-23,25-44,57-60,69H2,1-4,6-19H3/t70-,71-/m1/s1. The van der Waals surface area contributed by atoms with Crippen LogP contribution in [0.5, 0.6) is 34.5 Å². The molecule has 3 N–H and O–H groups in total. The molecule has 0 amide bonds. The van der Waals surface area contributed by atoms with Gasteiger partial charge in [-0.15, -0.1) is 0 Å². The van der Waals surface area contributed by atoms with Crippen molar-refractivity contribution in [1.29, 1.82) is 0 Å². The molecule has 0 saturated heterocycles. The van der Waals surface area contributed by atoms with E-state index in [9.17, 15) is 15.3 Å². The van der Waals surface area contributed by atoms with Crippen LogP contribution in [0, 0.1) is 0 Å². The first kappa shape index (κ1) is 87.0. The van der Waals surface area contributed by atoms with Crippen LogP contribution in [0.3, 0.4) is 0 Å². The molecule has 0 bridgehead atoms. The number of phenols is 1. The van der Waals surface area contributed by atoms with Crippen molar-refractivity contribution in [2.24, 2.45) is 9.98 Å². The first-order chi connectivity index (χ1) is 49.9. The minimum absolute atomic E-state index is 0.109. The molecule has 0 aliphatic heterocycles. The van der Waals surface area contributed by atoms with Crippen molar-refractivity contribution in [2.75, 3.05) is 26.4 Å². The van der Waals surface area contributed by atoms with Gasteiger partial charge in [0, 0.05) is 45.8 Å². The third-order valence-electron chi connectivity index (χ3n) is 20.9. The lowest BCUT2D eigenvalue weighted by molar-refractivity contribution is 0.0516. The zero-order chi connectivity index (χ0) is 76.9. The van der Waals surface area contributed by atoms with Crippen LogP contribution in [0.15, 0.2) is 126 Å². The molecule has 10 heteroatoms. The molecule has 0 saturated carbocycles. The molecule has 6 rings (SSSR count). The monoisotopic (exact) mass is 1440 g/mol. The van der Waals surface area contributed by atoms with E-state index in [0.717, 1.165) is 110 Å². The van der Waals surface area contributed by atoms with Crippen LogP contribution in [-0.4, -0.2) is 66.3 Å². The molecule has 0 fully saturated rings. The van der Waals surface area contributed by atoms with Gasteiger partial charge in [0.05, 0.1) is 38.5 Å². The highest BCUT2D eigenvalue weighted by molar-refractivity contribution is 5.93. The summed E-state index contributed by atoms with van der Waals surface area (Å²) in [4.78, 5) is 10.8. The second-order valence-corrected chi connectivity index (χ2v) is 33.9. The van der Waals surface area contributed by atoms with Crippen LogP contribution in [-0.2, 0) is 39.5 Å². The zero-order valence-corrected chi connectivity index (χ0v) is 68.8. The highest BCUT2D eigenvalue weighted by atomic mass is 16.5. The lowest BCUT2D eigenvalue weighted by Crippen LogP contribution is -2.39. The third kappa shape index (κ3) is 25.9. The predicted octanol–water partition coefficient (Wildman–Crippen LogP) is 25.2. The van der Waals surface area contributed by atoms with Gasteiger partial charge >= 0.3 is 0 Å². The van der Waals surface area contributed by atoms with E-state index < -0.39 is 23.3 Å². The summed E-state index contributed by atoms with van der Waals surface area (Å²) < 4.78 is 34.3. The molecule has 2 atom stereocenters. The quantitative estimate of drug-likeness (QED) is 0.0254. The third-order valence-corrected chi connectivity index (χ3v) is 20.9. The van der Waals surface area contributed by atoms with E-state index in [-0.39, 0.29) is 34.0 Å². The van der Waals surface area contributed by atoms with Crippen LogP contribution >= 0.6 is 0 Å². The molecule has 578 valence electrons. The van der Waals surface area contributed by atoms with Gasteiger partial charge in [-0.25, -0.2) is 0 Å². The van der Waals surface area contributed by atoms with Gasteiger partial charge in [-0.2, -0.15) is 0 Å². The maximum atomic E-state index is 14.6. The van der Waals surface area contributed by atoms with E-state index in [1.807, 2.05) is 68.5 Å². The van der Waals surface area contributed by atoms with E-state index >= 15 is 0 Å². The summed E-state index contributed by atoms with van der Waals surface area (Å²) in [6.07, 6.45) is 31.7. The molecule has 0 heterocycles. The van der Waals surface area contributed by atoms with E-state index in [1.54, 1.807) is 24.6 Å². The Labute approximate surface area is 637 Å². The fourth-order valence-corrected chi connectivity index (χ4v) is 13.6. The van der Waals surface area contributed by atoms with Crippen LogP contribution in [0.1, 0.15) is 345 Å². The second-order valence-electron chi connectivity index (χ2n) is 33.9. The lowest BCUT2D eigenvalue weighted by Gasteiger charge is -2.37. The smallest absolute Gasteiger partial charge is 0.144 e. The fourth-order valence-electron chi connectivity index (χ4n) is 13.6. The van der Waals surface area contributed by atoms with Crippen LogP contribution in [0.2, 0.25) is 0 Å². The Kier molecular flexibility index (Phi) is 34.8. The fraction of sp³-hybridized carbons (Fsp3) is 0.579. The minimum Gasteiger partial charge on any atom is -0.507 e. The molecular formula is C95H140N2O8. The molecule has 0 unspecified atom stereocenters. The van der Waals surface area contributed by atoms with E-state index in [0.29, 0.717) is 88.6 Å². The molecule has 0 aliphatic rings. The molecular weight excluding hydrogens is 1300 g/mol. The Bertz CT molecular complexity index is 3260. The molecule has 10 nitrogen and oxygen atoms in total. The van der Waals surface area contributed by atoms with E-state index in [1.165, 1.54) is 77.0 Å². The van der Waals surface area contributed by atoms with Gasteiger partial charge < -0.3 is 39.0 Å². The van der Waals surface area contributed by atoms with Crippen molar-refractivity contribution in [1.82, 2.24) is 0 Å². The molecule has 105 heavy (non-hydrogen) atoms. The molecule has 0 aliphatic carbocycles. The number of hydrogen-bond acceptors (Lipinski definition) is 10. The van der Waals surface area contributed by atoms with Gasteiger partial charge in [-0.1, -0.05) is 300 Å². The summed E-state index contributed by atoms with van der Waals surface area (Å²) >= 11 is 0. The zero-order valence-electron chi connectivity index (χ0n) is 68.8. The number of hydrogen-bond donors (Lipinski definition) is 3. The summed E-state index contributed by atoms with van der Waals surface area (Å²) in [7, 11) is 0. The summed E-state index contributed by atoms with van der Waals surface area (Å²) in [5, 5.41) is 42.3. The average Bonchev–Trinajstić information content (AvgIpc) is 0.747. The van der Waals surface area contributed by atoms with Gasteiger partial charge in [0.15, 0.2) is 0 Å². The number of nitrogens with zero attached hydrogens (tertiary/aromatic N) is 2. The van der Waals surface area contributed by atoms with Gasteiger partial charge in [0.25, 0.3) is 0 Å². The van der Waals surface area contributed by atoms with E-state index in [2.05, 4.69) is 166 Å². The molecule has 6 aromatic carbocycles. The first-order valence-corrected chi connectivity index (χ1v) is 40.8. The number of aromatic hydroxyl groups is 1. The second kappa shape index (κ2) is 42.0. The SMILES string of the molecule is C=Cc1ccc(COc2cc(C=N[C@H](C)C(O)(c3cc(C(C)(C)C)ccc3OCCCCCCCC)c3cc(C(C)(C)C)ccc3OCCCCCCCC)c(O)c(C=N[C@H](C)C(O)(c3cc(C(C)(C)C)ccc3OCCCCCCCC)c3cc(C(C)(C)C)ccc3OCCCCCCCC)c2)cc1. The molecule has 0 radical (unpaired) electrons. The van der Waals surface area contributed by atoms with Crippen LogP contribution in [0.25, 0.3) is 6.08 Å². The Morgan fingerprint density at radius 2 is 0.629 bits per heavy atom. The summed E-state index contributed by atoms with van der Waals surface area (Å²) in [6, 6.07) is 34.9. The Morgan fingerprint density at radius 3 is 0.886 bits per heavy atom. The van der Waals surface area contributed by atoms with Crippen molar-refractivity contribution in [3.63, 3.8) is 0 Å². The first-order valence-electron chi connectivity index (χ1n) is 40.8. The highest BCUT2D eigenvalue weighted by Gasteiger charge is 2.46. The van der Waals surface area contributed by atoms with Gasteiger partial charge in [-0.3, -0.25) is 9.98 Å². The van der Waals surface area contributed by atoms with Crippen LogP contribution in [0.4, 0.5) is 0 Å². The number of aliphatic imine (C=N–C) groups is 2. The summed E-state index contributed by atoms with van der Waals surface area (Å²) in [6.45, 7) is 45.3. The Morgan fingerprint density at radius 1 is 0.362 bits per heavy atom. The molecule has 0 aromatic heterocycles. The topological polar surface area (TPSA) is 132 Å². The normalized spacial score (nSPS) is 13.2. The Hall–Kier alpha value is -6.88. The van der Waals surface area contributed by atoms with Crippen molar-refractivity contribution < 1.29 is 39.0 Å². The molecule has 6 aromatic rings. The number of unbranched alkanes of at least 4 members (excludes halogenated alkanes) is 20. The Balaban J connectivity index is 1.61. The highest BCUT2D eigenvalue weighted by Crippen LogP contribution is 2.49. The lowest BCUT2D eigenvalue weighted by atomic mass is 9.75. The number of rotatable bonds is 46. The number of ether oxygens (including phenoxy) is 5. The summed E-state index contributed by atoms with van der Waals surface area (Å²) in [5.74, 6) is 2.67. The number of phenolic OH excluding ortho intramolecular Hbond substituents is 1. The van der Waals surface area contributed by atoms with Crippen LogP contribution < -0.4 is 23.7 Å². The van der Waals surface area contributed by atoms with Gasteiger partial charge in [0.1, 0.15) is 52.3 Å². The minimum atomic E-state index is -1.86. The largest absolute Gasteiger partial charge is 0.507 e. The molecule has 0 spiro atoms. The maximum absolute atomic E-state index is 14.6. The van der Waals surface area contributed by atoms with Crippen molar-refractivity contribution in [3.8, 4) is 34.5 Å². The number of aliphatic hydroxyl groups is 2. The van der Waals surface area contributed by atoms with Crippen molar-refractivity contribution in [2.45, 2.75) is 330 Å². The van der Waals surface area contributed by atoms with Crippen molar-refractivity contribution >= 4 is 18.5 Å². The maximum Gasteiger partial charge on any atom is 0.144 e. The number of benzene rings is 6. The summed E-state index contributed by atoms with van der Waals surface area (Å²) in [5.41, 5.74) is 4.19. The predicted molar refractivity (Wildman–Crippen MR) is 445 cm³/mol. The van der Waals surface area contributed by atoms with Crippen molar-refractivity contribution in [3.05, 3.63) is 183 Å².